The summed E-state index contributed by atoms with van der Waals surface area (Å²) in [6, 6.07) is 13.9. The molecule has 4 rings (SSSR count). The van der Waals surface area contributed by atoms with Crippen LogP contribution >= 0.6 is 0 Å². The third-order valence-electron chi connectivity index (χ3n) is 3.89. The van der Waals surface area contributed by atoms with Gasteiger partial charge in [-0.25, -0.2) is 4.98 Å². The van der Waals surface area contributed by atoms with Gasteiger partial charge in [-0.3, -0.25) is 10.2 Å². The van der Waals surface area contributed by atoms with Crippen LogP contribution in [-0.4, -0.2) is 45.7 Å². The number of nitrogens with one attached hydrogen (secondary N) is 2. The van der Waals surface area contributed by atoms with Gasteiger partial charge in [-0.2, -0.15) is 10.2 Å². The lowest BCUT2D eigenvalue weighted by molar-refractivity contribution is 0.146. The smallest absolute Gasteiger partial charge is 0.155 e. The predicted octanol–water partition coefficient (Wildman–Crippen LogP) is 3.04. The van der Waals surface area contributed by atoms with E-state index in [0.29, 0.717) is 19.0 Å². The van der Waals surface area contributed by atoms with Gasteiger partial charge in [0.25, 0.3) is 0 Å². The van der Waals surface area contributed by atoms with Crippen LogP contribution in [0, 0.1) is 0 Å². The first-order chi connectivity index (χ1) is 12.3. The Labute approximate surface area is 144 Å². The zero-order valence-corrected chi connectivity index (χ0v) is 13.7. The van der Waals surface area contributed by atoms with Crippen molar-refractivity contribution in [2.24, 2.45) is 0 Å². The Morgan fingerprint density at radius 3 is 2.72 bits per heavy atom. The van der Waals surface area contributed by atoms with Gasteiger partial charge >= 0.3 is 0 Å². The largest absolute Gasteiger partial charge is 0.491 e. The molecule has 0 aliphatic carbocycles. The van der Waals surface area contributed by atoms with E-state index in [0.717, 1.165) is 33.5 Å². The topological polar surface area (TPSA) is 88.7 Å². The van der Waals surface area contributed by atoms with Gasteiger partial charge in [0.2, 0.25) is 0 Å². The van der Waals surface area contributed by atoms with E-state index in [1.54, 1.807) is 7.11 Å². The number of ether oxygens (including phenoxy) is 2. The van der Waals surface area contributed by atoms with Crippen LogP contribution in [0.25, 0.3) is 33.5 Å². The van der Waals surface area contributed by atoms with Crippen molar-refractivity contribution in [1.82, 2.24) is 25.4 Å². The van der Waals surface area contributed by atoms with Gasteiger partial charge in [0.1, 0.15) is 24.4 Å². The van der Waals surface area contributed by atoms with Crippen molar-refractivity contribution in [3.8, 4) is 28.4 Å². The van der Waals surface area contributed by atoms with Crippen molar-refractivity contribution >= 4 is 10.9 Å². The number of benzene rings is 2. The predicted molar refractivity (Wildman–Crippen MR) is 94.3 cm³/mol. The number of hydrogen-bond donors (Lipinski definition) is 2. The van der Waals surface area contributed by atoms with Gasteiger partial charge in [0.05, 0.1) is 12.1 Å². The van der Waals surface area contributed by atoms with Crippen molar-refractivity contribution in [1.29, 1.82) is 0 Å². The molecule has 25 heavy (non-hydrogen) atoms. The standard InChI is InChI=1S/C18H17N5O2/c1-24-6-7-25-14-9-12(8-13(10-14)18-19-11-20-23-18)17-15-4-2-3-5-16(15)21-22-17/h2-5,8-11H,6-7H2,1H3,(H,21,22)(H,19,20,23). The molecule has 126 valence electrons. The third kappa shape index (κ3) is 3.09. The molecule has 4 aromatic rings. The highest BCUT2D eigenvalue weighted by molar-refractivity contribution is 5.93. The molecular weight excluding hydrogens is 318 g/mol. The quantitative estimate of drug-likeness (QED) is 0.529. The highest BCUT2D eigenvalue weighted by Crippen LogP contribution is 2.32. The number of rotatable bonds is 6. The first-order valence-electron chi connectivity index (χ1n) is 7.91. The van der Waals surface area contributed by atoms with Crippen molar-refractivity contribution in [3.05, 3.63) is 48.8 Å². The molecule has 0 amide bonds. The van der Waals surface area contributed by atoms with Gasteiger partial charge in [0, 0.05) is 23.6 Å². The maximum absolute atomic E-state index is 5.81. The monoisotopic (exact) mass is 335 g/mol. The van der Waals surface area contributed by atoms with Crippen LogP contribution in [0.5, 0.6) is 5.75 Å². The zero-order chi connectivity index (χ0) is 17.1. The summed E-state index contributed by atoms with van der Waals surface area (Å²) in [6.45, 7) is 0.990. The van der Waals surface area contributed by atoms with Crippen LogP contribution in [-0.2, 0) is 4.74 Å². The molecule has 0 bridgehead atoms. The normalized spacial score (nSPS) is 11.1. The van der Waals surface area contributed by atoms with Gasteiger partial charge in [-0.1, -0.05) is 18.2 Å². The Kier molecular flexibility index (Phi) is 4.14. The van der Waals surface area contributed by atoms with E-state index in [2.05, 4.69) is 25.4 Å². The maximum atomic E-state index is 5.81. The molecule has 0 saturated heterocycles. The molecule has 7 nitrogen and oxygen atoms in total. The molecule has 2 heterocycles. The molecule has 2 aromatic heterocycles. The van der Waals surface area contributed by atoms with Crippen LogP contribution in [0.1, 0.15) is 0 Å². The molecule has 0 unspecified atom stereocenters. The van der Waals surface area contributed by atoms with E-state index in [4.69, 9.17) is 9.47 Å². The number of nitrogens with zero attached hydrogens (tertiary/aromatic N) is 3. The Morgan fingerprint density at radius 1 is 1.00 bits per heavy atom. The zero-order valence-electron chi connectivity index (χ0n) is 13.7. The lowest BCUT2D eigenvalue weighted by atomic mass is 10.0. The van der Waals surface area contributed by atoms with Crippen molar-refractivity contribution < 1.29 is 9.47 Å². The fourth-order valence-electron chi connectivity index (χ4n) is 2.73. The first-order valence-corrected chi connectivity index (χ1v) is 7.91. The van der Waals surface area contributed by atoms with Gasteiger partial charge in [-0.15, -0.1) is 0 Å². The summed E-state index contributed by atoms with van der Waals surface area (Å²) >= 11 is 0. The molecule has 2 aromatic carbocycles. The van der Waals surface area contributed by atoms with Crippen LogP contribution in [0.3, 0.4) is 0 Å². The van der Waals surface area contributed by atoms with Crippen LogP contribution < -0.4 is 4.74 Å². The van der Waals surface area contributed by atoms with Crippen molar-refractivity contribution in [2.45, 2.75) is 0 Å². The summed E-state index contributed by atoms with van der Waals surface area (Å²) in [5, 5.41) is 15.4. The summed E-state index contributed by atoms with van der Waals surface area (Å²) in [5.41, 5.74) is 3.69. The average molecular weight is 335 g/mol. The molecule has 0 aliphatic rings. The first kappa shape index (κ1) is 15.3. The van der Waals surface area contributed by atoms with Crippen LogP contribution in [0.4, 0.5) is 0 Å². The molecule has 0 aliphatic heterocycles. The number of H-pyrrole nitrogens is 2. The van der Waals surface area contributed by atoms with E-state index in [1.165, 1.54) is 6.33 Å². The van der Waals surface area contributed by atoms with Crippen molar-refractivity contribution in [3.63, 3.8) is 0 Å². The highest BCUT2D eigenvalue weighted by Gasteiger charge is 2.12. The second kappa shape index (κ2) is 6.74. The van der Waals surface area contributed by atoms with E-state index in [-0.39, 0.29) is 0 Å². The van der Waals surface area contributed by atoms with Crippen LogP contribution in [0.15, 0.2) is 48.8 Å². The minimum Gasteiger partial charge on any atom is -0.491 e. The maximum Gasteiger partial charge on any atom is 0.155 e. The summed E-state index contributed by atoms with van der Waals surface area (Å²) in [5.74, 6) is 1.41. The van der Waals surface area contributed by atoms with Gasteiger partial charge in [0.15, 0.2) is 5.82 Å². The van der Waals surface area contributed by atoms with Gasteiger partial charge < -0.3 is 9.47 Å². The third-order valence-corrected chi connectivity index (χ3v) is 3.89. The Balaban J connectivity index is 1.80. The second-order valence-corrected chi connectivity index (χ2v) is 5.54. The lowest BCUT2D eigenvalue weighted by Crippen LogP contribution is -2.04. The number of aromatic nitrogens is 5. The SMILES string of the molecule is COCCOc1cc(-c2ncn[nH]2)cc(-c2n[nH]c3ccccc23)c1. The minimum atomic E-state index is 0.469. The number of fused-ring (bicyclic) bond motifs is 1. The Hall–Kier alpha value is -3.19. The molecule has 0 fully saturated rings. The molecule has 7 heteroatoms. The van der Waals surface area contributed by atoms with Crippen LogP contribution in [0.2, 0.25) is 0 Å². The van der Waals surface area contributed by atoms with E-state index >= 15 is 0 Å². The molecule has 0 saturated carbocycles. The second-order valence-electron chi connectivity index (χ2n) is 5.54. The molecule has 0 radical (unpaired) electrons. The highest BCUT2D eigenvalue weighted by atomic mass is 16.5. The molecule has 0 spiro atoms. The van der Waals surface area contributed by atoms with Gasteiger partial charge in [-0.05, 0) is 24.3 Å². The number of methoxy groups -OCH3 is 1. The van der Waals surface area contributed by atoms with E-state index in [9.17, 15) is 0 Å². The fraction of sp³-hybridized carbons (Fsp3) is 0.167. The summed E-state index contributed by atoms with van der Waals surface area (Å²) in [4.78, 5) is 4.23. The molecular formula is C18H17N5O2. The summed E-state index contributed by atoms with van der Waals surface area (Å²) in [7, 11) is 1.65. The summed E-state index contributed by atoms with van der Waals surface area (Å²) in [6.07, 6.45) is 1.48. The lowest BCUT2D eigenvalue weighted by Gasteiger charge is -2.09. The number of aromatic amines is 2. The Bertz CT molecular complexity index is 978. The summed E-state index contributed by atoms with van der Waals surface area (Å²) < 4.78 is 10.9. The Morgan fingerprint density at radius 2 is 1.88 bits per heavy atom. The average Bonchev–Trinajstić information content (AvgIpc) is 3.32. The minimum absolute atomic E-state index is 0.469. The van der Waals surface area contributed by atoms with Crippen molar-refractivity contribution in [2.75, 3.05) is 20.3 Å². The molecule has 2 N–H and O–H groups in total. The van der Waals surface area contributed by atoms with E-state index in [1.807, 2.05) is 42.5 Å². The fourth-order valence-corrected chi connectivity index (χ4v) is 2.73. The number of para-hydroxylation sites is 1. The van der Waals surface area contributed by atoms with E-state index < -0.39 is 0 Å². The molecule has 0 atom stereocenters. The number of hydrogen-bond acceptors (Lipinski definition) is 5.